The first kappa shape index (κ1) is 36.8. The van der Waals surface area contributed by atoms with Crippen molar-refractivity contribution < 1.29 is 23.9 Å². The lowest BCUT2D eigenvalue weighted by Crippen LogP contribution is -2.44. The highest BCUT2D eigenvalue weighted by Gasteiger charge is 2.28. The maximum atomic E-state index is 13.3. The molecule has 0 bridgehead atoms. The van der Waals surface area contributed by atoms with Gasteiger partial charge in [0.1, 0.15) is 23.3 Å². The molecule has 4 aromatic rings. The van der Waals surface area contributed by atoms with E-state index in [2.05, 4.69) is 26.2 Å². The van der Waals surface area contributed by atoms with Gasteiger partial charge in [-0.05, 0) is 92.1 Å². The Balaban J connectivity index is 1.36. The number of nitrogens with two attached hydrogens (primary N) is 1. The molecule has 0 saturated heterocycles. The number of aromatic nitrogens is 3. The molecule has 0 saturated carbocycles. The molecule has 256 valence electrons. The molecule has 1 atom stereocenters. The zero-order chi connectivity index (χ0) is 35.4. The Morgan fingerprint density at radius 1 is 1.12 bits per heavy atom. The molecule has 2 heterocycles. The number of ether oxygens (including phenoxy) is 2. The summed E-state index contributed by atoms with van der Waals surface area (Å²) in [5, 5.41) is 3.98. The minimum Gasteiger partial charge on any atom is -0.465 e. The van der Waals surface area contributed by atoms with E-state index in [-0.39, 0.29) is 37.5 Å². The number of anilines is 2. The van der Waals surface area contributed by atoms with Crippen molar-refractivity contribution in [1.82, 2.24) is 20.3 Å². The number of pyridine rings is 1. The molecule has 2 aromatic heterocycles. The summed E-state index contributed by atoms with van der Waals surface area (Å²) in [6, 6.07) is 16.6. The van der Waals surface area contributed by atoms with E-state index >= 15 is 0 Å². The van der Waals surface area contributed by atoms with Gasteiger partial charge in [-0.3, -0.25) is 19.4 Å². The summed E-state index contributed by atoms with van der Waals surface area (Å²) in [5.74, 6) is 1.59. The first-order valence-electron chi connectivity index (χ1n) is 15.4. The van der Waals surface area contributed by atoms with Crippen molar-refractivity contribution in [2.45, 2.75) is 56.8 Å². The number of terminal acetylenes is 1. The van der Waals surface area contributed by atoms with E-state index in [9.17, 15) is 19.2 Å². The summed E-state index contributed by atoms with van der Waals surface area (Å²) in [6.07, 6.45) is 7.27. The number of H-pyrrole nitrogens is 1. The van der Waals surface area contributed by atoms with E-state index in [1.807, 2.05) is 29.2 Å². The number of hydrogen-bond acceptors (Lipinski definition) is 12. The highest BCUT2D eigenvalue weighted by Crippen LogP contribution is 2.28. The monoisotopic (exact) mass is 702 g/mol. The van der Waals surface area contributed by atoms with E-state index in [1.54, 1.807) is 63.4 Å². The molecule has 4 rings (SSSR count). The van der Waals surface area contributed by atoms with Gasteiger partial charge in [0, 0.05) is 36.2 Å². The van der Waals surface area contributed by atoms with Gasteiger partial charge in [0.25, 0.3) is 11.5 Å². The number of benzene rings is 2. The number of carbonyl (C=O) groups is 3. The van der Waals surface area contributed by atoms with E-state index < -0.39 is 29.5 Å². The third kappa shape index (κ3) is 11.6. The maximum Gasteiger partial charge on any atom is 0.329 e. The number of amides is 1. The van der Waals surface area contributed by atoms with Crippen molar-refractivity contribution in [1.29, 1.82) is 0 Å². The Kier molecular flexibility index (Phi) is 13.1. The molecule has 0 spiro atoms. The number of carbonyl (C=O) groups excluding carboxylic acids is 3. The second-order valence-electron chi connectivity index (χ2n) is 11.8. The van der Waals surface area contributed by atoms with Crippen molar-refractivity contribution in [2.24, 2.45) is 0 Å². The van der Waals surface area contributed by atoms with Gasteiger partial charge < -0.3 is 25.4 Å². The Bertz CT molecular complexity index is 1860. The predicted octanol–water partition coefficient (Wildman–Crippen LogP) is 4.74. The lowest BCUT2D eigenvalue weighted by Gasteiger charge is -2.25. The summed E-state index contributed by atoms with van der Waals surface area (Å²) in [7, 11) is 3.00. The average molecular weight is 703 g/mol. The van der Waals surface area contributed by atoms with Gasteiger partial charge in [-0.1, -0.05) is 28.8 Å². The van der Waals surface area contributed by atoms with E-state index in [1.165, 1.54) is 21.6 Å². The van der Waals surface area contributed by atoms with Crippen LogP contribution in [0.1, 0.15) is 49.5 Å². The quantitative estimate of drug-likeness (QED) is 0.0674. The van der Waals surface area contributed by atoms with Crippen LogP contribution in [0.2, 0.25) is 0 Å². The van der Waals surface area contributed by atoms with E-state index in [0.717, 1.165) is 16.3 Å². The predicted molar refractivity (Wildman–Crippen MR) is 193 cm³/mol. The fourth-order valence-corrected chi connectivity index (χ4v) is 6.29. The molecule has 0 aliphatic rings. The first-order valence-corrected chi connectivity index (χ1v) is 17.7. The SMILES string of the molecule is C#CCN(Cc1ccc2nc(N)[nH]c(=O)c2c1)c1ccc(C(=O)N[C@@H](CCC(=O)OCCSSc2ccccn2)C(=O)OC(C)(C)C)cc1. The number of fused-ring (bicyclic) bond motifs is 1. The van der Waals surface area contributed by atoms with Crippen LogP contribution in [0.25, 0.3) is 10.9 Å². The van der Waals surface area contributed by atoms with Gasteiger partial charge in [-0.2, -0.15) is 0 Å². The molecule has 0 fully saturated rings. The molecule has 49 heavy (non-hydrogen) atoms. The maximum absolute atomic E-state index is 13.3. The van der Waals surface area contributed by atoms with Crippen molar-refractivity contribution in [3.8, 4) is 12.3 Å². The van der Waals surface area contributed by atoms with Crippen LogP contribution in [0, 0.1) is 12.3 Å². The molecule has 0 radical (unpaired) electrons. The molecule has 0 unspecified atom stereocenters. The number of nitrogens with one attached hydrogen (secondary N) is 2. The largest absolute Gasteiger partial charge is 0.465 e. The molecule has 1 amide bonds. The van der Waals surface area contributed by atoms with Crippen LogP contribution in [0.4, 0.5) is 11.6 Å². The summed E-state index contributed by atoms with van der Waals surface area (Å²) < 4.78 is 10.9. The number of hydrogen-bond donors (Lipinski definition) is 3. The van der Waals surface area contributed by atoms with Crippen molar-refractivity contribution in [2.75, 3.05) is 29.5 Å². The topological polar surface area (TPSA) is 170 Å². The molecule has 12 nitrogen and oxygen atoms in total. The highest BCUT2D eigenvalue weighted by atomic mass is 33.1. The second-order valence-corrected chi connectivity index (χ2v) is 14.2. The minimum atomic E-state index is -1.08. The van der Waals surface area contributed by atoms with Crippen molar-refractivity contribution >= 4 is 62.0 Å². The van der Waals surface area contributed by atoms with Crippen molar-refractivity contribution in [3.05, 3.63) is 88.3 Å². The molecule has 2 aromatic carbocycles. The number of rotatable bonds is 15. The van der Waals surface area contributed by atoms with Crippen LogP contribution in [0.5, 0.6) is 0 Å². The summed E-state index contributed by atoms with van der Waals surface area (Å²) in [4.78, 5) is 63.9. The van der Waals surface area contributed by atoms with Gasteiger partial charge in [0.2, 0.25) is 5.95 Å². The van der Waals surface area contributed by atoms with Gasteiger partial charge in [0.05, 0.1) is 17.4 Å². The number of nitrogen functional groups attached to an aromatic ring is 1. The molecular weight excluding hydrogens is 665 g/mol. The van der Waals surface area contributed by atoms with Gasteiger partial charge in [0.15, 0.2) is 0 Å². The Morgan fingerprint density at radius 3 is 2.59 bits per heavy atom. The van der Waals surface area contributed by atoms with Gasteiger partial charge in [-0.15, -0.1) is 6.42 Å². The fourth-order valence-electron chi connectivity index (χ4n) is 4.58. The second kappa shape index (κ2) is 17.4. The highest BCUT2D eigenvalue weighted by molar-refractivity contribution is 8.76. The summed E-state index contributed by atoms with van der Waals surface area (Å²) in [5.41, 5.74) is 6.86. The van der Waals surface area contributed by atoms with E-state index in [4.69, 9.17) is 21.6 Å². The third-order valence-corrected chi connectivity index (χ3v) is 9.01. The standard InChI is InChI=1S/C35H38N6O6S2/c1-5-18-41(22-23-9-14-27-26(21-23)32(44)40-34(36)39-27)25-12-10-24(11-13-25)31(43)38-28(33(45)47-35(2,3)4)15-16-30(42)46-19-20-48-49-29-8-6-7-17-37-29/h1,6-14,17,21,28H,15-16,18-20,22H2,2-4H3,(H,38,43)(H3,36,39,40,44)/t28-/m0/s1. The van der Waals surface area contributed by atoms with Gasteiger partial charge >= 0.3 is 11.9 Å². The van der Waals surface area contributed by atoms with Crippen LogP contribution < -0.4 is 21.5 Å². The summed E-state index contributed by atoms with van der Waals surface area (Å²) in [6.45, 7) is 6.01. The molecule has 14 heteroatoms. The number of aromatic amines is 1. The lowest BCUT2D eigenvalue weighted by molar-refractivity contribution is -0.157. The van der Waals surface area contributed by atoms with Crippen LogP contribution in [-0.2, 0) is 25.6 Å². The molecule has 0 aliphatic carbocycles. The smallest absolute Gasteiger partial charge is 0.329 e. The fraction of sp³-hybridized carbons (Fsp3) is 0.314. The lowest BCUT2D eigenvalue weighted by atomic mass is 10.1. The molecule has 4 N–H and O–H groups in total. The summed E-state index contributed by atoms with van der Waals surface area (Å²) >= 11 is 0. The van der Waals surface area contributed by atoms with Crippen LogP contribution in [0.3, 0.4) is 0 Å². The normalized spacial score (nSPS) is 11.7. The zero-order valence-corrected chi connectivity index (χ0v) is 29.1. The number of nitrogens with zero attached hydrogens (tertiary/aromatic N) is 3. The Labute approximate surface area is 292 Å². The van der Waals surface area contributed by atoms with E-state index in [0.29, 0.717) is 28.8 Å². The molecular formula is C35H38N6O6S2. The third-order valence-electron chi connectivity index (χ3n) is 6.78. The Morgan fingerprint density at radius 2 is 1.90 bits per heavy atom. The number of esters is 2. The van der Waals surface area contributed by atoms with Crippen LogP contribution in [0.15, 0.2) is 76.7 Å². The van der Waals surface area contributed by atoms with Crippen molar-refractivity contribution in [3.63, 3.8) is 0 Å². The zero-order valence-electron chi connectivity index (χ0n) is 27.4. The first-order chi connectivity index (χ1) is 23.4. The van der Waals surface area contributed by atoms with Gasteiger partial charge in [-0.25, -0.2) is 14.8 Å². The average Bonchev–Trinajstić information content (AvgIpc) is 3.06. The molecule has 0 aliphatic heterocycles. The minimum absolute atomic E-state index is 0.0000502. The Hall–Kier alpha value is -5.00. The van der Waals surface area contributed by atoms with Crippen LogP contribution >= 0.6 is 21.6 Å². The van der Waals surface area contributed by atoms with Crippen LogP contribution in [-0.4, -0.2) is 63.3 Å².